The number of rotatable bonds is 6. The standard InChI is InChI=1S/C20H15Cl2NO4/c21-15-7-13-6-14(20(25)26)8-17(19(13)16(22)9-15)27-11-18(24)23-10-12-4-2-1-3-5-12/h1-9H,10-11H2,(H,23,24)(H,25,26). The van der Waals surface area contributed by atoms with Gasteiger partial charge in [0, 0.05) is 17.0 Å². The Balaban J connectivity index is 1.79. The predicted octanol–water partition coefficient (Wildman–Crippen LogP) is 4.54. The molecule has 1 amide bonds. The molecule has 0 unspecified atom stereocenters. The van der Waals surface area contributed by atoms with Crippen LogP contribution in [0.15, 0.2) is 54.6 Å². The number of nitrogens with one attached hydrogen (secondary N) is 1. The molecular formula is C20H15Cl2NO4. The third-order valence-corrected chi connectivity index (χ3v) is 4.38. The maximum atomic E-state index is 12.1. The molecule has 0 aromatic heterocycles. The van der Waals surface area contributed by atoms with Crippen LogP contribution in [-0.4, -0.2) is 23.6 Å². The summed E-state index contributed by atoms with van der Waals surface area (Å²) in [6.07, 6.45) is 0. The van der Waals surface area contributed by atoms with Crippen molar-refractivity contribution in [2.24, 2.45) is 0 Å². The molecule has 138 valence electrons. The van der Waals surface area contributed by atoms with Gasteiger partial charge in [-0.3, -0.25) is 4.79 Å². The monoisotopic (exact) mass is 403 g/mol. The Morgan fingerprint density at radius 1 is 1.04 bits per heavy atom. The Labute approximate surface area is 165 Å². The van der Waals surface area contributed by atoms with Gasteiger partial charge in [0.15, 0.2) is 6.61 Å². The molecule has 3 aromatic carbocycles. The van der Waals surface area contributed by atoms with Crippen LogP contribution in [0.3, 0.4) is 0 Å². The minimum atomic E-state index is -1.12. The van der Waals surface area contributed by atoms with Crippen LogP contribution in [0.1, 0.15) is 15.9 Å². The van der Waals surface area contributed by atoms with Crippen molar-refractivity contribution in [1.29, 1.82) is 0 Å². The van der Waals surface area contributed by atoms with Crippen molar-refractivity contribution >= 4 is 45.9 Å². The van der Waals surface area contributed by atoms with Crippen LogP contribution < -0.4 is 10.1 Å². The van der Waals surface area contributed by atoms with E-state index in [2.05, 4.69) is 5.32 Å². The number of halogens is 2. The van der Waals surface area contributed by atoms with Crippen LogP contribution in [0.4, 0.5) is 0 Å². The molecule has 2 N–H and O–H groups in total. The summed E-state index contributed by atoms with van der Waals surface area (Å²) in [5.74, 6) is -1.24. The molecule has 7 heteroatoms. The summed E-state index contributed by atoms with van der Waals surface area (Å²) in [5, 5.41) is 13.8. The van der Waals surface area contributed by atoms with Gasteiger partial charge in [0.1, 0.15) is 5.75 Å². The third-order valence-electron chi connectivity index (χ3n) is 3.87. The van der Waals surface area contributed by atoms with E-state index in [0.717, 1.165) is 5.56 Å². The number of ether oxygens (including phenoxy) is 1. The zero-order valence-electron chi connectivity index (χ0n) is 14.0. The highest BCUT2D eigenvalue weighted by Gasteiger charge is 2.15. The first-order valence-electron chi connectivity index (χ1n) is 8.03. The van der Waals surface area contributed by atoms with Gasteiger partial charge in [0.2, 0.25) is 0 Å². The minimum absolute atomic E-state index is 0.0144. The minimum Gasteiger partial charge on any atom is -0.483 e. The molecular weight excluding hydrogens is 389 g/mol. The number of benzene rings is 3. The van der Waals surface area contributed by atoms with Gasteiger partial charge in [-0.1, -0.05) is 53.5 Å². The SMILES string of the molecule is O=C(COc1cc(C(=O)O)cc2cc(Cl)cc(Cl)c12)NCc1ccccc1. The van der Waals surface area contributed by atoms with Crippen molar-refractivity contribution in [2.75, 3.05) is 6.61 Å². The maximum absolute atomic E-state index is 12.1. The van der Waals surface area contributed by atoms with E-state index in [1.807, 2.05) is 30.3 Å². The second-order valence-electron chi connectivity index (χ2n) is 5.82. The molecule has 5 nitrogen and oxygen atoms in total. The number of fused-ring (bicyclic) bond motifs is 1. The van der Waals surface area contributed by atoms with E-state index in [4.69, 9.17) is 27.9 Å². The largest absolute Gasteiger partial charge is 0.483 e. The molecule has 0 saturated heterocycles. The lowest BCUT2D eigenvalue weighted by atomic mass is 10.1. The molecule has 0 heterocycles. The molecule has 0 aliphatic rings. The molecule has 0 radical (unpaired) electrons. The molecule has 3 aromatic rings. The van der Waals surface area contributed by atoms with Crippen LogP contribution in [0, 0.1) is 0 Å². The summed E-state index contributed by atoms with van der Waals surface area (Å²) >= 11 is 12.2. The summed E-state index contributed by atoms with van der Waals surface area (Å²) in [4.78, 5) is 23.4. The molecule has 3 rings (SSSR count). The number of hydrogen-bond donors (Lipinski definition) is 2. The Bertz CT molecular complexity index is 1010. The molecule has 0 spiro atoms. The van der Waals surface area contributed by atoms with Crippen molar-refractivity contribution in [3.05, 3.63) is 75.8 Å². The van der Waals surface area contributed by atoms with E-state index >= 15 is 0 Å². The van der Waals surface area contributed by atoms with E-state index < -0.39 is 5.97 Å². The second-order valence-corrected chi connectivity index (χ2v) is 6.66. The van der Waals surface area contributed by atoms with Gasteiger partial charge in [-0.25, -0.2) is 4.79 Å². The molecule has 27 heavy (non-hydrogen) atoms. The first kappa shape index (κ1) is 19.0. The number of carboxylic acid groups (broad SMARTS) is 1. The normalized spacial score (nSPS) is 10.6. The quantitative estimate of drug-likeness (QED) is 0.633. The molecule has 0 aliphatic heterocycles. The average Bonchev–Trinajstić information content (AvgIpc) is 2.64. The number of carbonyl (C=O) groups excluding carboxylic acids is 1. The van der Waals surface area contributed by atoms with Gasteiger partial charge in [0.05, 0.1) is 10.6 Å². The van der Waals surface area contributed by atoms with Crippen molar-refractivity contribution in [2.45, 2.75) is 6.54 Å². The summed E-state index contributed by atoms with van der Waals surface area (Å²) in [5.41, 5.74) is 0.974. The zero-order chi connectivity index (χ0) is 19.4. The van der Waals surface area contributed by atoms with Crippen LogP contribution in [-0.2, 0) is 11.3 Å². The lowest BCUT2D eigenvalue weighted by molar-refractivity contribution is -0.123. The number of carboxylic acids is 1. The van der Waals surface area contributed by atoms with Crippen LogP contribution in [0.2, 0.25) is 10.0 Å². The van der Waals surface area contributed by atoms with Crippen molar-refractivity contribution in [3.63, 3.8) is 0 Å². The average molecular weight is 404 g/mol. The first-order chi connectivity index (χ1) is 12.9. The third kappa shape index (κ3) is 4.70. The maximum Gasteiger partial charge on any atom is 0.335 e. The van der Waals surface area contributed by atoms with Gasteiger partial charge in [0.25, 0.3) is 5.91 Å². The fraction of sp³-hybridized carbons (Fsp3) is 0.100. The smallest absolute Gasteiger partial charge is 0.335 e. The van der Waals surface area contributed by atoms with Crippen molar-refractivity contribution < 1.29 is 19.4 Å². The summed E-state index contributed by atoms with van der Waals surface area (Å²) in [6.45, 7) is 0.0965. The van der Waals surface area contributed by atoms with Crippen LogP contribution in [0.5, 0.6) is 5.75 Å². The predicted molar refractivity (Wildman–Crippen MR) is 105 cm³/mol. The first-order valence-corrected chi connectivity index (χ1v) is 8.79. The lowest BCUT2D eigenvalue weighted by Crippen LogP contribution is -2.28. The fourth-order valence-corrected chi connectivity index (χ4v) is 3.22. The van der Waals surface area contributed by atoms with Gasteiger partial charge >= 0.3 is 5.97 Å². The van der Waals surface area contributed by atoms with E-state index in [9.17, 15) is 14.7 Å². The van der Waals surface area contributed by atoms with Gasteiger partial charge < -0.3 is 15.2 Å². The van der Waals surface area contributed by atoms with Crippen LogP contribution in [0.25, 0.3) is 10.8 Å². The number of hydrogen-bond acceptors (Lipinski definition) is 3. The second kappa shape index (κ2) is 8.29. The van der Waals surface area contributed by atoms with E-state index in [1.54, 1.807) is 6.07 Å². The molecule has 0 aliphatic carbocycles. The zero-order valence-corrected chi connectivity index (χ0v) is 15.6. The van der Waals surface area contributed by atoms with Gasteiger partial charge in [-0.05, 0) is 35.2 Å². The molecule has 0 atom stereocenters. The number of carbonyl (C=O) groups is 2. The molecule has 0 fully saturated rings. The highest BCUT2D eigenvalue weighted by molar-refractivity contribution is 6.39. The molecule has 0 bridgehead atoms. The fourth-order valence-electron chi connectivity index (χ4n) is 2.62. The highest BCUT2D eigenvalue weighted by atomic mass is 35.5. The van der Waals surface area contributed by atoms with Crippen LogP contribution >= 0.6 is 23.2 Å². The van der Waals surface area contributed by atoms with Gasteiger partial charge in [-0.2, -0.15) is 0 Å². The van der Waals surface area contributed by atoms with Gasteiger partial charge in [-0.15, -0.1) is 0 Å². The summed E-state index contributed by atoms with van der Waals surface area (Å²) < 4.78 is 5.58. The van der Waals surface area contributed by atoms with E-state index in [-0.39, 0.29) is 23.8 Å². The Morgan fingerprint density at radius 2 is 1.78 bits per heavy atom. The summed E-state index contributed by atoms with van der Waals surface area (Å²) in [6, 6.07) is 15.4. The number of aromatic carboxylic acids is 1. The van der Waals surface area contributed by atoms with E-state index in [0.29, 0.717) is 27.4 Å². The highest BCUT2D eigenvalue weighted by Crippen LogP contribution is 2.36. The Hall–Kier alpha value is -2.76. The summed E-state index contributed by atoms with van der Waals surface area (Å²) in [7, 11) is 0. The van der Waals surface area contributed by atoms with Crippen molar-refractivity contribution in [1.82, 2.24) is 5.32 Å². The lowest BCUT2D eigenvalue weighted by Gasteiger charge is -2.12. The Morgan fingerprint density at radius 3 is 2.48 bits per heavy atom. The Kier molecular flexibility index (Phi) is 5.84. The van der Waals surface area contributed by atoms with E-state index in [1.165, 1.54) is 18.2 Å². The molecule has 0 saturated carbocycles. The topological polar surface area (TPSA) is 75.6 Å². The number of amides is 1. The van der Waals surface area contributed by atoms with Crippen molar-refractivity contribution in [3.8, 4) is 5.75 Å².